The first-order valence-corrected chi connectivity index (χ1v) is 10.3. The number of nitroso groups, excluding NO2 is 1. The molecule has 2 aromatic heterocycles. The first kappa shape index (κ1) is 22.3. The number of pyridine rings is 2. The van der Waals surface area contributed by atoms with Gasteiger partial charge >= 0.3 is 0 Å². The smallest absolute Gasteiger partial charge is 0.152 e. The average Bonchev–Trinajstić information content (AvgIpc) is 2.84. The molecule has 0 aliphatic rings. The summed E-state index contributed by atoms with van der Waals surface area (Å²) in [5.74, 6) is -0.781. The van der Waals surface area contributed by atoms with Crippen LogP contribution in [0.1, 0.15) is 11.4 Å². The molecule has 0 amide bonds. The van der Waals surface area contributed by atoms with E-state index in [4.69, 9.17) is 5.73 Å². The summed E-state index contributed by atoms with van der Waals surface area (Å²) in [6.07, 6.45) is 3.48. The molecule has 0 saturated carbocycles. The zero-order chi connectivity index (χ0) is 23.9. The lowest BCUT2D eigenvalue weighted by molar-refractivity contribution is 0.452. The molecule has 0 atom stereocenters. The van der Waals surface area contributed by atoms with E-state index in [9.17, 15) is 15.1 Å². The normalized spacial score (nSPS) is 10.9. The number of aromatic hydroxyl groups is 2. The number of phenols is 2. The van der Waals surface area contributed by atoms with Gasteiger partial charge in [-0.1, -0.05) is 12.1 Å². The van der Waals surface area contributed by atoms with Crippen LogP contribution in [0.3, 0.4) is 0 Å². The van der Waals surface area contributed by atoms with Crippen molar-refractivity contribution in [2.75, 3.05) is 10.6 Å². The van der Waals surface area contributed by atoms with Crippen LogP contribution in [0, 0.1) is 4.91 Å². The summed E-state index contributed by atoms with van der Waals surface area (Å²) in [5.41, 5.74) is 9.54. The molecule has 0 unspecified atom stereocenters. The van der Waals surface area contributed by atoms with E-state index >= 15 is 0 Å². The molecule has 10 heteroatoms. The van der Waals surface area contributed by atoms with Crippen molar-refractivity contribution in [3.8, 4) is 11.5 Å². The number of hydrogen-bond donors (Lipinski definition) is 3. The monoisotopic (exact) mass is 455 g/mol. The summed E-state index contributed by atoms with van der Waals surface area (Å²) in [6, 6.07) is 18.8. The fourth-order valence-electron chi connectivity index (χ4n) is 3.31. The molecule has 0 aliphatic heterocycles. The third-order valence-corrected chi connectivity index (χ3v) is 4.95. The van der Waals surface area contributed by atoms with Crippen molar-refractivity contribution >= 4 is 28.4 Å². The van der Waals surface area contributed by atoms with Crippen LogP contribution in [0.2, 0.25) is 0 Å². The SMILES string of the molecule is Nc1cc(/N=N/c2cc(N=O)c(O)cc2O)ccc1N(Cc1ccccn1)Cc1ccccn1. The maximum atomic E-state index is 10.8. The Labute approximate surface area is 195 Å². The van der Waals surface area contributed by atoms with Crippen molar-refractivity contribution in [2.45, 2.75) is 13.1 Å². The Bertz CT molecular complexity index is 1270. The molecule has 0 aliphatic carbocycles. The molecule has 0 bridgehead atoms. The number of nitrogens with two attached hydrogens (primary N) is 1. The lowest BCUT2D eigenvalue weighted by Gasteiger charge is -2.25. The number of nitrogens with zero attached hydrogens (tertiary/aromatic N) is 6. The Balaban J connectivity index is 1.61. The number of phenolic OH excluding ortho intramolecular Hbond substituents is 2. The zero-order valence-corrected chi connectivity index (χ0v) is 18.0. The van der Waals surface area contributed by atoms with Gasteiger partial charge in [0.1, 0.15) is 17.2 Å². The molecule has 4 rings (SSSR count). The molecular weight excluding hydrogens is 434 g/mol. The van der Waals surface area contributed by atoms with Gasteiger partial charge in [-0.3, -0.25) is 9.97 Å². The number of aromatic nitrogens is 2. The zero-order valence-electron chi connectivity index (χ0n) is 18.0. The van der Waals surface area contributed by atoms with E-state index < -0.39 is 5.75 Å². The lowest BCUT2D eigenvalue weighted by atomic mass is 10.2. The highest BCUT2D eigenvalue weighted by Crippen LogP contribution is 2.39. The topological polar surface area (TPSA) is 150 Å². The molecule has 0 saturated heterocycles. The highest BCUT2D eigenvalue weighted by molar-refractivity contribution is 5.72. The first-order chi connectivity index (χ1) is 16.5. The van der Waals surface area contributed by atoms with Crippen LogP contribution in [-0.2, 0) is 13.1 Å². The quantitative estimate of drug-likeness (QED) is 0.181. The van der Waals surface area contributed by atoms with Crippen molar-refractivity contribution in [1.29, 1.82) is 0 Å². The minimum Gasteiger partial charge on any atom is -0.505 e. The summed E-state index contributed by atoms with van der Waals surface area (Å²) < 4.78 is 0. The van der Waals surface area contributed by atoms with Crippen molar-refractivity contribution in [3.63, 3.8) is 0 Å². The largest absolute Gasteiger partial charge is 0.505 e. The van der Waals surface area contributed by atoms with Gasteiger partial charge in [0.2, 0.25) is 0 Å². The van der Waals surface area contributed by atoms with E-state index in [1.54, 1.807) is 24.5 Å². The fraction of sp³-hybridized carbons (Fsp3) is 0.0833. The Morgan fingerprint density at radius 2 is 1.44 bits per heavy atom. The van der Waals surface area contributed by atoms with E-state index in [1.807, 2.05) is 42.5 Å². The standard InChI is InChI=1S/C24H21N7O3/c25-19-11-16(28-29-20-12-21(30-34)24(33)13-23(20)32)7-8-22(19)31(14-17-5-1-3-9-26-17)15-18-6-2-4-10-27-18/h1-13,32-33H,14-15,25H2/b29-28+. The molecule has 2 aromatic carbocycles. The third-order valence-electron chi connectivity index (χ3n) is 4.95. The van der Waals surface area contributed by atoms with Gasteiger partial charge in [0.25, 0.3) is 0 Å². The number of azo groups is 1. The second kappa shape index (κ2) is 10.2. The summed E-state index contributed by atoms with van der Waals surface area (Å²) in [6.45, 7) is 1.04. The Hall–Kier alpha value is -4.86. The van der Waals surface area contributed by atoms with E-state index in [2.05, 4.69) is 30.3 Å². The predicted octanol–water partition coefficient (Wildman–Crippen LogP) is 5.49. The molecule has 0 spiro atoms. The molecule has 0 fully saturated rings. The maximum absolute atomic E-state index is 10.8. The molecule has 10 nitrogen and oxygen atoms in total. The van der Waals surface area contributed by atoms with E-state index in [0.717, 1.165) is 29.2 Å². The fourth-order valence-corrected chi connectivity index (χ4v) is 3.31. The molecule has 4 aromatic rings. The highest BCUT2D eigenvalue weighted by atomic mass is 16.3. The van der Waals surface area contributed by atoms with Gasteiger partial charge in [0.05, 0.1) is 41.5 Å². The molecule has 2 heterocycles. The Kier molecular flexibility index (Phi) is 6.68. The van der Waals surface area contributed by atoms with Crippen LogP contribution < -0.4 is 10.6 Å². The van der Waals surface area contributed by atoms with Gasteiger partial charge in [-0.2, -0.15) is 5.11 Å². The van der Waals surface area contributed by atoms with Crippen molar-refractivity contribution in [1.82, 2.24) is 9.97 Å². The van der Waals surface area contributed by atoms with Gasteiger partial charge in [-0.25, -0.2) is 0 Å². The van der Waals surface area contributed by atoms with Crippen LogP contribution in [0.4, 0.5) is 28.4 Å². The number of anilines is 2. The number of hydrogen-bond acceptors (Lipinski definition) is 10. The van der Waals surface area contributed by atoms with Crippen LogP contribution >= 0.6 is 0 Å². The van der Waals surface area contributed by atoms with Crippen LogP contribution in [0.25, 0.3) is 0 Å². The van der Waals surface area contributed by atoms with Crippen molar-refractivity contribution in [2.24, 2.45) is 15.4 Å². The molecule has 170 valence electrons. The van der Waals surface area contributed by atoms with Crippen LogP contribution in [0.5, 0.6) is 11.5 Å². The van der Waals surface area contributed by atoms with E-state index in [-0.39, 0.29) is 17.1 Å². The number of rotatable bonds is 8. The second-order valence-electron chi connectivity index (χ2n) is 7.36. The molecule has 4 N–H and O–H groups in total. The molecule has 34 heavy (non-hydrogen) atoms. The van der Waals surface area contributed by atoms with Crippen LogP contribution in [-0.4, -0.2) is 20.2 Å². The third kappa shape index (κ3) is 5.30. The van der Waals surface area contributed by atoms with E-state index in [0.29, 0.717) is 24.5 Å². The highest BCUT2D eigenvalue weighted by Gasteiger charge is 2.14. The van der Waals surface area contributed by atoms with Gasteiger partial charge in [-0.15, -0.1) is 10.0 Å². The summed E-state index contributed by atoms with van der Waals surface area (Å²) in [7, 11) is 0. The average molecular weight is 455 g/mol. The van der Waals surface area contributed by atoms with Gasteiger partial charge in [0, 0.05) is 24.5 Å². The minimum absolute atomic E-state index is 0.0121. The molecule has 0 radical (unpaired) electrons. The van der Waals surface area contributed by atoms with Gasteiger partial charge < -0.3 is 20.8 Å². The Morgan fingerprint density at radius 1 is 0.794 bits per heavy atom. The summed E-state index contributed by atoms with van der Waals surface area (Å²) >= 11 is 0. The molecular formula is C24H21N7O3. The lowest BCUT2D eigenvalue weighted by Crippen LogP contribution is -2.24. The van der Waals surface area contributed by atoms with Gasteiger partial charge in [0.15, 0.2) is 5.69 Å². The maximum Gasteiger partial charge on any atom is 0.152 e. The van der Waals surface area contributed by atoms with Gasteiger partial charge in [-0.05, 0) is 47.6 Å². The predicted molar refractivity (Wildman–Crippen MR) is 129 cm³/mol. The Morgan fingerprint density at radius 3 is 2.00 bits per heavy atom. The first-order valence-electron chi connectivity index (χ1n) is 10.3. The van der Waals surface area contributed by atoms with Crippen molar-refractivity contribution < 1.29 is 10.2 Å². The van der Waals surface area contributed by atoms with Crippen molar-refractivity contribution in [3.05, 3.63) is 95.4 Å². The number of benzene rings is 2. The minimum atomic E-state index is -0.444. The summed E-state index contributed by atoms with van der Waals surface area (Å²) in [5, 5.41) is 30.2. The van der Waals surface area contributed by atoms with Crippen LogP contribution in [0.15, 0.2) is 94.5 Å². The number of nitrogen functional groups attached to an aromatic ring is 1. The second-order valence-corrected chi connectivity index (χ2v) is 7.36. The summed E-state index contributed by atoms with van der Waals surface area (Å²) in [4.78, 5) is 21.7. The van der Waals surface area contributed by atoms with E-state index in [1.165, 1.54) is 0 Å².